The van der Waals surface area contributed by atoms with E-state index in [-0.39, 0.29) is 0 Å². The second-order valence-electron chi connectivity index (χ2n) is 3.55. The van der Waals surface area contributed by atoms with Crippen LogP contribution in [0.4, 0.5) is 0 Å². The molecule has 1 aromatic carbocycles. The number of hydrogen-bond acceptors (Lipinski definition) is 2. The topological polar surface area (TPSA) is 20.2 Å². The molecule has 0 saturated carbocycles. The van der Waals surface area contributed by atoms with Crippen LogP contribution in [-0.2, 0) is 0 Å². The Labute approximate surface area is 108 Å². The highest BCUT2D eigenvalue weighted by Crippen LogP contribution is 2.32. The zero-order valence-electron chi connectivity index (χ0n) is 8.58. The number of halogens is 2. The average Bonchev–Trinajstić information content (AvgIpc) is 2.64. The summed E-state index contributed by atoms with van der Waals surface area (Å²) in [4.78, 5) is 0.843. The van der Waals surface area contributed by atoms with E-state index in [4.69, 9.17) is 23.2 Å². The van der Waals surface area contributed by atoms with E-state index in [1.165, 1.54) is 11.3 Å². The van der Waals surface area contributed by atoms with Crippen molar-refractivity contribution < 1.29 is 5.11 Å². The Bertz CT molecular complexity index is 507. The fourth-order valence-electron chi connectivity index (χ4n) is 1.57. The van der Waals surface area contributed by atoms with E-state index in [0.29, 0.717) is 9.36 Å². The lowest BCUT2D eigenvalue weighted by Crippen LogP contribution is -1.99. The van der Waals surface area contributed by atoms with Crippen LogP contribution in [0.3, 0.4) is 0 Å². The Morgan fingerprint density at radius 1 is 1.19 bits per heavy atom. The Morgan fingerprint density at radius 3 is 2.50 bits per heavy atom. The molecule has 1 heterocycles. The van der Waals surface area contributed by atoms with Crippen LogP contribution in [-0.4, -0.2) is 5.11 Å². The van der Waals surface area contributed by atoms with Crippen LogP contribution < -0.4 is 0 Å². The van der Waals surface area contributed by atoms with Crippen molar-refractivity contribution in [1.29, 1.82) is 0 Å². The van der Waals surface area contributed by atoms with Crippen molar-refractivity contribution >= 4 is 34.5 Å². The van der Waals surface area contributed by atoms with Crippen LogP contribution in [0.25, 0.3) is 0 Å². The predicted octanol–water partition coefficient (Wildman–Crippen LogP) is 4.45. The molecule has 0 bridgehead atoms. The third kappa shape index (κ3) is 2.41. The van der Waals surface area contributed by atoms with Crippen molar-refractivity contribution in [3.63, 3.8) is 0 Å². The summed E-state index contributed by atoms with van der Waals surface area (Å²) in [6, 6.07) is 9.09. The first-order chi connectivity index (χ1) is 7.58. The van der Waals surface area contributed by atoms with Crippen LogP contribution in [0.2, 0.25) is 9.36 Å². The van der Waals surface area contributed by atoms with Gasteiger partial charge < -0.3 is 5.11 Å². The zero-order valence-corrected chi connectivity index (χ0v) is 10.9. The van der Waals surface area contributed by atoms with Gasteiger partial charge in [-0.05, 0) is 42.3 Å². The molecule has 2 aromatic rings. The van der Waals surface area contributed by atoms with Crippen molar-refractivity contribution in [1.82, 2.24) is 0 Å². The van der Waals surface area contributed by atoms with E-state index in [1.807, 2.05) is 25.1 Å². The largest absolute Gasteiger partial charge is 0.383 e. The summed E-state index contributed by atoms with van der Waals surface area (Å²) in [6.45, 7) is 1.93. The number of aryl methyl sites for hydroxylation is 1. The van der Waals surface area contributed by atoms with Gasteiger partial charge in [0.25, 0.3) is 0 Å². The van der Waals surface area contributed by atoms with Gasteiger partial charge in [0.05, 0.1) is 4.34 Å². The molecule has 0 saturated heterocycles. The Hall–Kier alpha value is -0.540. The van der Waals surface area contributed by atoms with E-state index < -0.39 is 6.10 Å². The van der Waals surface area contributed by atoms with E-state index in [0.717, 1.165) is 16.0 Å². The fraction of sp³-hybridized carbons (Fsp3) is 0.167. The summed E-state index contributed by atoms with van der Waals surface area (Å²) >= 11 is 13.1. The zero-order chi connectivity index (χ0) is 11.7. The molecule has 0 aliphatic carbocycles. The highest BCUT2D eigenvalue weighted by Gasteiger charge is 2.14. The van der Waals surface area contributed by atoms with Crippen molar-refractivity contribution in [3.05, 3.63) is 55.7 Å². The number of hydrogen-bond donors (Lipinski definition) is 1. The molecule has 0 spiro atoms. The number of rotatable bonds is 2. The molecule has 1 atom stereocenters. The summed E-state index contributed by atoms with van der Waals surface area (Å²) in [5, 5.41) is 10.9. The molecule has 0 aliphatic heterocycles. The highest BCUT2D eigenvalue weighted by molar-refractivity contribution is 7.16. The molecule has 0 aliphatic rings. The molecular weight excluding hydrogens is 263 g/mol. The predicted molar refractivity (Wildman–Crippen MR) is 69.6 cm³/mol. The quantitative estimate of drug-likeness (QED) is 0.857. The summed E-state index contributed by atoms with van der Waals surface area (Å²) in [5.41, 5.74) is 1.84. The van der Waals surface area contributed by atoms with E-state index in [2.05, 4.69) is 0 Å². The van der Waals surface area contributed by atoms with Gasteiger partial charge in [0.15, 0.2) is 0 Å². The van der Waals surface area contributed by atoms with E-state index in [9.17, 15) is 5.11 Å². The SMILES string of the molecule is Cc1cc(Cl)ccc1C(O)c1ccc(Cl)s1. The van der Waals surface area contributed by atoms with Crippen LogP contribution in [0, 0.1) is 6.92 Å². The Balaban J connectivity index is 2.37. The lowest BCUT2D eigenvalue weighted by molar-refractivity contribution is 0.223. The maximum absolute atomic E-state index is 10.2. The number of aliphatic hydroxyl groups is 1. The highest BCUT2D eigenvalue weighted by atomic mass is 35.5. The van der Waals surface area contributed by atoms with Gasteiger partial charge in [-0.25, -0.2) is 0 Å². The van der Waals surface area contributed by atoms with Gasteiger partial charge in [-0.3, -0.25) is 0 Å². The minimum atomic E-state index is -0.630. The minimum Gasteiger partial charge on any atom is -0.383 e. The van der Waals surface area contributed by atoms with Gasteiger partial charge in [0.1, 0.15) is 6.10 Å². The van der Waals surface area contributed by atoms with E-state index in [1.54, 1.807) is 12.1 Å². The smallest absolute Gasteiger partial charge is 0.113 e. The third-order valence-electron chi connectivity index (χ3n) is 2.39. The van der Waals surface area contributed by atoms with Gasteiger partial charge in [-0.2, -0.15) is 0 Å². The van der Waals surface area contributed by atoms with Crippen LogP contribution >= 0.6 is 34.5 Å². The number of benzene rings is 1. The molecule has 1 nitrogen and oxygen atoms in total. The molecule has 16 heavy (non-hydrogen) atoms. The van der Waals surface area contributed by atoms with Gasteiger partial charge in [-0.1, -0.05) is 29.3 Å². The normalized spacial score (nSPS) is 12.8. The number of thiophene rings is 1. The van der Waals surface area contributed by atoms with Crippen molar-refractivity contribution in [2.45, 2.75) is 13.0 Å². The molecule has 1 N–H and O–H groups in total. The lowest BCUT2D eigenvalue weighted by atomic mass is 10.0. The maximum atomic E-state index is 10.2. The van der Waals surface area contributed by atoms with Crippen molar-refractivity contribution in [2.24, 2.45) is 0 Å². The van der Waals surface area contributed by atoms with Crippen molar-refractivity contribution in [2.75, 3.05) is 0 Å². The molecule has 4 heteroatoms. The third-order valence-corrected chi connectivity index (χ3v) is 3.91. The first-order valence-corrected chi connectivity index (χ1v) is 6.34. The molecule has 2 rings (SSSR count). The molecule has 1 unspecified atom stereocenters. The number of aliphatic hydroxyl groups excluding tert-OH is 1. The molecule has 0 radical (unpaired) electrons. The minimum absolute atomic E-state index is 0.630. The summed E-state index contributed by atoms with van der Waals surface area (Å²) in [5.74, 6) is 0. The lowest BCUT2D eigenvalue weighted by Gasteiger charge is -2.12. The average molecular weight is 273 g/mol. The summed E-state index contributed by atoms with van der Waals surface area (Å²) in [6.07, 6.45) is -0.630. The molecule has 0 amide bonds. The van der Waals surface area contributed by atoms with Crippen LogP contribution in [0.5, 0.6) is 0 Å². The molecule has 0 fully saturated rings. The Kier molecular flexibility index (Phi) is 3.55. The second kappa shape index (κ2) is 4.76. The van der Waals surface area contributed by atoms with Gasteiger partial charge in [0, 0.05) is 9.90 Å². The van der Waals surface area contributed by atoms with Crippen LogP contribution in [0.1, 0.15) is 22.1 Å². The summed E-state index contributed by atoms with van der Waals surface area (Å²) < 4.78 is 0.681. The molecular formula is C12H10Cl2OS. The monoisotopic (exact) mass is 272 g/mol. The van der Waals surface area contributed by atoms with E-state index >= 15 is 0 Å². The molecule has 84 valence electrons. The molecule has 1 aromatic heterocycles. The van der Waals surface area contributed by atoms with Gasteiger partial charge in [0.2, 0.25) is 0 Å². The standard InChI is InChI=1S/C12H10Cl2OS/c1-7-6-8(13)2-3-9(7)12(15)10-4-5-11(14)16-10/h2-6,12,15H,1H3. The maximum Gasteiger partial charge on any atom is 0.113 e. The van der Waals surface area contributed by atoms with Gasteiger partial charge in [-0.15, -0.1) is 11.3 Å². The second-order valence-corrected chi connectivity index (χ2v) is 5.73. The Morgan fingerprint density at radius 2 is 1.94 bits per heavy atom. The van der Waals surface area contributed by atoms with Crippen LogP contribution in [0.15, 0.2) is 30.3 Å². The summed E-state index contributed by atoms with van der Waals surface area (Å²) in [7, 11) is 0. The first kappa shape index (κ1) is 11.9. The van der Waals surface area contributed by atoms with Gasteiger partial charge >= 0.3 is 0 Å². The fourth-order valence-corrected chi connectivity index (χ4v) is 2.87. The van der Waals surface area contributed by atoms with Crippen molar-refractivity contribution in [3.8, 4) is 0 Å². The first-order valence-electron chi connectivity index (χ1n) is 4.77.